The van der Waals surface area contributed by atoms with Gasteiger partial charge in [0.25, 0.3) is 0 Å². The molecule has 0 spiro atoms. The van der Waals surface area contributed by atoms with Gasteiger partial charge in [-0.05, 0) is 19.1 Å². The van der Waals surface area contributed by atoms with Gasteiger partial charge in [-0.2, -0.15) is 0 Å². The average molecular weight is 311 g/mol. The molecule has 1 saturated heterocycles. The number of amides is 1. The highest BCUT2D eigenvalue weighted by molar-refractivity contribution is 5.75. The first-order chi connectivity index (χ1) is 11.1. The van der Waals surface area contributed by atoms with Crippen molar-refractivity contribution in [2.45, 2.75) is 19.9 Å². The van der Waals surface area contributed by atoms with Crippen LogP contribution in [0.1, 0.15) is 13.8 Å². The van der Waals surface area contributed by atoms with Crippen molar-refractivity contribution in [3.63, 3.8) is 0 Å². The quantitative estimate of drug-likeness (QED) is 0.856. The number of nitrogen functional groups attached to an aromatic ring is 1. The lowest BCUT2D eigenvalue weighted by atomic mass is 10.1. The van der Waals surface area contributed by atoms with Gasteiger partial charge in [0.05, 0.1) is 0 Å². The van der Waals surface area contributed by atoms with E-state index in [-0.39, 0.29) is 11.9 Å². The maximum atomic E-state index is 11.6. The minimum atomic E-state index is 0.120. The SMILES string of the molecule is CC(=O)N1CCN(c2nccnc2-c2ccc(N)cc2)CC1C. The third kappa shape index (κ3) is 3.11. The van der Waals surface area contributed by atoms with E-state index >= 15 is 0 Å². The molecule has 0 radical (unpaired) electrons. The van der Waals surface area contributed by atoms with Crippen LogP contribution in [0.15, 0.2) is 36.7 Å². The first-order valence-corrected chi connectivity index (χ1v) is 7.75. The first-order valence-electron chi connectivity index (χ1n) is 7.75. The molecule has 1 aliphatic rings. The summed E-state index contributed by atoms with van der Waals surface area (Å²) in [6, 6.07) is 7.80. The molecule has 0 saturated carbocycles. The van der Waals surface area contributed by atoms with Crippen LogP contribution in [0.3, 0.4) is 0 Å². The van der Waals surface area contributed by atoms with Crippen LogP contribution in [0.5, 0.6) is 0 Å². The lowest BCUT2D eigenvalue weighted by molar-refractivity contribution is -0.131. The Morgan fingerprint density at radius 1 is 1.17 bits per heavy atom. The molecule has 2 N–H and O–H groups in total. The smallest absolute Gasteiger partial charge is 0.219 e. The largest absolute Gasteiger partial charge is 0.399 e. The summed E-state index contributed by atoms with van der Waals surface area (Å²) in [5.41, 5.74) is 8.32. The van der Waals surface area contributed by atoms with Crippen LogP contribution >= 0.6 is 0 Å². The second-order valence-electron chi connectivity index (χ2n) is 5.86. The number of nitrogens with two attached hydrogens (primary N) is 1. The van der Waals surface area contributed by atoms with Gasteiger partial charge in [0, 0.05) is 56.2 Å². The van der Waals surface area contributed by atoms with E-state index in [1.54, 1.807) is 19.3 Å². The third-order valence-corrected chi connectivity index (χ3v) is 4.19. The zero-order valence-corrected chi connectivity index (χ0v) is 13.4. The molecule has 6 heteroatoms. The molecule has 0 bridgehead atoms. The Morgan fingerprint density at radius 3 is 2.52 bits per heavy atom. The van der Waals surface area contributed by atoms with Crippen molar-refractivity contribution in [2.24, 2.45) is 0 Å². The number of piperazine rings is 1. The average Bonchev–Trinajstić information content (AvgIpc) is 2.55. The Bertz CT molecular complexity index is 700. The minimum absolute atomic E-state index is 0.120. The predicted octanol–water partition coefficient (Wildman–Crippen LogP) is 1.78. The highest BCUT2D eigenvalue weighted by atomic mass is 16.2. The van der Waals surface area contributed by atoms with Crippen molar-refractivity contribution >= 4 is 17.4 Å². The summed E-state index contributed by atoms with van der Waals surface area (Å²) in [4.78, 5) is 24.8. The molecule has 1 aromatic carbocycles. The normalized spacial score (nSPS) is 18.1. The second kappa shape index (κ2) is 6.24. The van der Waals surface area contributed by atoms with Crippen molar-refractivity contribution < 1.29 is 4.79 Å². The van der Waals surface area contributed by atoms with E-state index in [0.717, 1.165) is 35.9 Å². The Balaban J connectivity index is 1.89. The van der Waals surface area contributed by atoms with Crippen LogP contribution in [0.4, 0.5) is 11.5 Å². The summed E-state index contributed by atoms with van der Waals surface area (Å²) >= 11 is 0. The summed E-state index contributed by atoms with van der Waals surface area (Å²) in [6.07, 6.45) is 3.41. The van der Waals surface area contributed by atoms with E-state index < -0.39 is 0 Å². The maximum Gasteiger partial charge on any atom is 0.219 e. The van der Waals surface area contributed by atoms with Gasteiger partial charge in [-0.1, -0.05) is 12.1 Å². The summed E-state index contributed by atoms with van der Waals surface area (Å²) in [7, 11) is 0. The summed E-state index contributed by atoms with van der Waals surface area (Å²) in [5.74, 6) is 0.974. The Labute approximate surface area is 135 Å². The predicted molar refractivity (Wildman–Crippen MR) is 90.9 cm³/mol. The van der Waals surface area contributed by atoms with Crippen LogP contribution in [-0.4, -0.2) is 46.5 Å². The summed E-state index contributed by atoms with van der Waals surface area (Å²) < 4.78 is 0. The van der Waals surface area contributed by atoms with Gasteiger partial charge < -0.3 is 15.5 Å². The summed E-state index contributed by atoms with van der Waals surface area (Å²) in [6.45, 7) is 5.89. The number of nitrogens with zero attached hydrogens (tertiary/aromatic N) is 4. The van der Waals surface area contributed by atoms with Crippen LogP contribution in [0.2, 0.25) is 0 Å². The number of hydrogen-bond acceptors (Lipinski definition) is 5. The molecule has 1 unspecified atom stereocenters. The van der Waals surface area contributed by atoms with Crippen molar-refractivity contribution in [1.82, 2.24) is 14.9 Å². The van der Waals surface area contributed by atoms with E-state index in [4.69, 9.17) is 5.73 Å². The molecule has 1 aromatic heterocycles. The monoisotopic (exact) mass is 311 g/mol. The molecule has 120 valence electrons. The lowest BCUT2D eigenvalue weighted by Crippen LogP contribution is -2.53. The number of rotatable bonds is 2. The van der Waals surface area contributed by atoms with Crippen LogP contribution < -0.4 is 10.6 Å². The van der Waals surface area contributed by atoms with Crippen molar-refractivity contribution in [2.75, 3.05) is 30.3 Å². The van der Waals surface area contributed by atoms with E-state index in [0.29, 0.717) is 6.54 Å². The number of aromatic nitrogens is 2. The van der Waals surface area contributed by atoms with Gasteiger partial charge in [-0.15, -0.1) is 0 Å². The van der Waals surface area contributed by atoms with Crippen LogP contribution in [0.25, 0.3) is 11.3 Å². The van der Waals surface area contributed by atoms with Gasteiger partial charge in [0.15, 0.2) is 5.82 Å². The van der Waals surface area contributed by atoms with E-state index in [1.807, 2.05) is 29.2 Å². The number of carbonyl (C=O) groups is 1. The third-order valence-electron chi connectivity index (χ3n) is 4.19. The van der Waals surface area contributed by atoms with Crippen LogP contribution in [-0.2, 0) is 4.79 Å². The maximum absolute atomic E-state index is 11.6. The Hall–Kier alpha value is -2.63. The zero-order valence-electron chi connectivity index (χ0n) is 13.4. The number of hydrogen-bond donors (Lipinski definition) is 1. The van der Waals surface area contributed by atoms with Gasteiger partial charge >= 0.3 is 0 Å². The van der Waals surface area contributed by atoms with Gasteiger partial charge in [-0.25, -0.2) is 4.98 Å². The minimum Gasteiger partial charge on any atom is -0.399 e. The number of anilines is 2. The Morgan fingerprint density at radius 2 is 1.87 bits per heavy atom. The standard InChI is InChI=1S/C17H21N5O/c1-12-11-21(9-10-22(12)13(2)23)17-16(19-7-8-20-17)14-3-5-15(18)6-4-14/h3-8,12H,9-11,18H2,1-2H3. The van der Waals surface area contributed by atoms with Crippen LogP contribution in [0, 0.1) is 0 Å². The number of benzene rings is 1. The molecular weight excluding hydrogens is 290 g/mol. The molecule has 23 heavy (non-hydrogen) atoms. The molecule has 2 heterocycles. The van der Waals surface area contributed by atoms with Gasteiger partial charge in [0.2, 0.25) is 5.91 Å². The van der Waals surface area contributed by atoms with Gasteiger partial charge in [-0.3, -0.25) is 9.78 Å². The fourth-order valence-corrected chi connectivity index (χ4v) is 3.02. The zero-order chi connectivity index (χ0) is 16.4. The molecule has 1 aliphatic heterocycles. The fourth-order valence-electron chi connectivity index (χ4n) is 3.02. The van der Waals surface area contributed by atoms with Crippen molar-refractivity contribution in [1.29, 1.82) is 0 Å². The second-order valence-corrected chi connectivity index (χ2v) is 5.86. The van der Waals surface area contributed by atoms with Crippen molar-refractivity contribution in [3.8, 4) is 11.3 Å². The highest BCUT2D eigenvalue weighted by Crippen LogP contribution is 2.28. The number of carbonyl (C=O) groups excluding carboxylic acids is 1. The van der Waals surface area contributed by atoms with Crippen molar-refractivity contribution in [3.05, 3.63) is 36.7 Å². The Kier molecular flexibility index (Phi) is 4.14. The van der Waals surface area contributed by atoms with E-state index in [9.17, 15) is 4.79 Å². The molecule has 3 rings (SSSR count). The van der Waals surface area contributed by atoms with Gasteiger partial charge in [0.1, 0.15) is 5.69 Å². The molecule has 1 amide bonds. The van der Waals surface area contributed by atoms with E-state index in [1.165, 1.54) is 0 Å². The molecule has 1 fully saturated rings. The molecule has 2 aromatic rings. The molecule has 1 atom stereocenters. The molecular formula is C17H21N5O. The topological polar surface area (TPSA) is 75.4 Å². The fraction of sp³-hybridized carbons (Fsp3) is 0.353. The molecule has 0 aliphatic carbocycles. The summed E-state index contributed by atoms with van der Waals surface area (Å²) in [5, 5.41) is 0. The van der Waals surface area contributed by atoms with E-state index in [2.05, 4.69) is 21.8 Å². The lowest BCUT2D eigenvalue weighted by Gasteiger charge is -2.40. The highest BCUT2D eigenvalue weighted by Gasteiger charge is 2.27. The molecule has 6 nitrogen and oxygen atoms in total. The first kappa shape index (κ1) is 15.3.